The third-order valence-electron chi connectivity index (χ3n) is 6.52. The lowest BCUT2D eigenvalue weighted by Crippen LogP contribution is -2.43. The minimum absolute atomic E-state index is 0.0390. The Kier molecular flexibility index (Phi) is 7.32. The summed E-state index contributed by atoms with van der Waals surface area (Å²) in [7, 11) is 0. The summed E-state index contributed by atoms with van der Waals surface area (Å²) in [6.07, 6.45) is 5.13. The zero-order valence-corrected chi connectivity index (χ0v) is 21.5. The standard InChI is InChI=1S/C24H35N3O3S2/c1-14(2)27(15(3)4)20(28)13-31-24-25-22-21(18-9-8-16(5)11-19(18)32-22)23(29)26(24)12-17-7-6-10-30-17/h14-17H,6-13H2,1-5H3. The Morgan fingerprint density at radius 2 is 2.03 bits per heavy atom. The number of amides is 1. The third-order valence-corrected chi connectivity index (χ3v) is 8.63. The number of hydrogen-bond donors (Lipinski definition) is 0. The van der Waals surface area contributed by atoms with E-state index in [9.17, 15) is 9.59 Å². The van der Waals surface area contributed by atoms with Gasteiger partial charge >= 0.3 is 0 Å². The van der Waals surface area contributed by atoms with Gasteiger partial charge in [0.15, 0.2) is 5.16 Å². The summed E-state index contributed by atoms with van der Waals surface area (Å²) < 4.78 is 7.63. The number of carbonyl (C=O) groups excluding carboxylic acids is 1. The number of fused-ring (bicyclic) bond motifs is 3. The van der Waals surface area contributed by atoms with E-state index in [1.165, 1.54) is 22.2 Å². The quantitative estimate of drug-likeness (QED) is 0.434. The van der Waals surface area contributed by atoms with E-state index in [0.29, 0.717) is 17.6 Å². The molecule has 0 saturated carbocycles. The zero-order valence-electron chi connectivity index (χ0n) is 19.8. The van der Waals surface area contributed by atoms with Crippen molar-refractivity contribution in [3.63, 3.8) is 0 Å². The van der Waals surface area contributed by atoms with Gasteiger partial charge in [-0.2, -0.15) is 0 Å². The van der Waals surface area contributed by atoms with Crippen LogP contribution < -0.4 is 5.56 Å². The molecule has 2 aromatic heterocycles. The molecule has 4 rings (SSSR count). The van der Waals surface area contributed by atoms with Gasteiger partial charge in [0.1, 0.15) is 4.83 Å². The van der Waals surface area contributed by atoms with Crippen LogP contribution in [0.1, 0.15) is 64.3 Å². The van der Waals surface area contributed by atoms with Crippen molar-refractivity contribution in [1.29, 1.82) is 0 Å². The number of carbonyl (C=O) groups is 1. The molecule has 2 unspecified atom stereocenters. The fourth-order valence-electron chi connectivity index (χ4n) is 5.04. The molecule has 176 valence electrons. The van der Waals surface area contributed by atoms with E-state index < -0.39 is 0 Å². The van der Waals surface area contributed by atoms with Crippen LogP contribution in [0.2, 0.25) is 0 Å². The average molecular weight is 478 g/mol. The predicted molar refractivity (Wildman–Crippen MR) is 132 cm³/mol. The summed E-state index contributed by atoms with van der Waals surface area (Å²) in [5, 5.41) is 1.45. The monoisotopic (exact) mass is 477 g/mol. The molecule has 0 radical (unpaired) electrons. The molecule has 1 aliphatic carbocycles. The molecule has 32 heavy (non-hydrogen) atoms. The van der Waals surface area contributed by atoms with Crippen LogP contribution in [-0.2, 0) is 28.9 Å². The van der Waals surface area contributed by atoms with Gasteiger partial charge in [-0.15, -0.1) is 11.3 Å². The highest BCUT2D eigenvalue weighted by Gasteiger charge is 2.27. The molecule has 1 aliphatic heterocycles. The Balaban J connectivity index is 1.69. The van der Waals surface area contributed by atoms with E-state index in [0.717, 1.165) is 48.9 Å². The van der Waals surface area contributed by atoms with E-state index >= 15 is 0 Å². The van der Waals surface area contributed by atoms with Crippen molar-refractivity contribution in [3.05, 3.63) is 20.8 Å². The maximum Gasteiger partial charge on any atom is 0.263 e. The lowest BCUT2D eigenvalue weighted by atomic mass is 9.89. The topological polar surface area (TPSA) is 64.4 Å². The summed E-state index contributed by atoms with van der Waals surface area (Å²) in [6.45, 7) is 11.7. The van der Waals surface area contributed by atoms with Gasteiger partial charge < -0.3 is 9.64 Å². The van der Waals surface area contributed by atoms with Gasteiger partial charge in [0.2, 0.25) is 5.91 Å². The summed E-state index contributed by atoms with van der Waals surface area (Å²) in [5.74, 6) is 1.01. The molecule has 3 heterocycles. The van der Waals surface area contributed by atoms with Crippen molar-refractivity contribution >= 4 is 39.2 Å². The number of rotatable bonds is 7. The number of thioether (sulfide) groups is 1. The van der Waals surface area contributed by atoms with Crippen molar-refractivity contribution in [2.75, 3.05) is 12.4 Å². The third kappa shape index (κ3) is 4.77. The summed E-state index contributed by atoms with van der Waals surface area (Å²) in [5.41, 5.74) is 1.25. The highest BCUT2D eigenvalue weighted by Crippen LogP contribution is 2.36. The molecule has 0 N–H and O–H groups in total. The van der Waals surface area contributed by atoms with Crippen LogP contribution in [0.3, 0.4) is 0 Å². The number of ether oxygens (including phenoxy) is 1. The van der Waals surface area contributed by atoms with Gasteiger partial charge in [-0.1, -0.05) is 18.7 Å². The largest absolute Gasteiger partial charge is 0.376 e. The maximum atomic E-state index is 13.7. The lowest BCUT2D eigenvalue weighted by Gasteiger charge is -2.30. The van der Waals surface area contributed by atoms with Gasteiger partial charge in [-0.3, -0.25) is 14.2 Å². The summed E-state index contributed by atoms with van der Waals surface area (Å²) in [6, 6.07) is 0.275. The van der Waals surface area contributed by atoms with Gasteiger partial charge in [0.25, 0.3) is 5.56 Å². The second-order valence-electron chi connectivity index (χ2n) is 9.75. The van der Waals surface area contributed by atoms with E-state index in [-0.39, 0.29) is 35.4 Å². The summed E-state index contributed by atoms with van der Waals surface area (Å²) >= 11 is 3.06. The first-order valence-corrected chi connectivity index (χ1v) is 13.7. The first-order chi connectivity index (χ1) is 15.3. The molecule has 2 atom stereocenters. The minimum Gasteiger partial charge on any atom is -0.376 e. The molecule has 1 amide bonds. The maximum absolute atomic E-state index is 13.7. The molecule has 2 aromatic rings. The second kappa shape index (κ2) is 9.85. The summed E-state index contributed by atoms with van der Waals surface area (Å²) in [4.78, 5) is 35.7. The van der Waals surface area contributed by atoms with Crippen molar-refractivity contribution in [2.45, 2.75) is 96.6 Å². The van der Waals surface area contributed by atoms with Crippen molar-refractivity contribution < 1.29 is 9.53 Å². The molecular weight excluding hydrogens is 442 g/mol. The average Bonchev–Trinajstić information content (AvgIpc) is 3.35. The van der Waals surface area contributed by atoms with Gasteiger partial charge in [0.05, 0.1) is 23.8 Å². The first kappa shape index (κ1) is 23.8. The van der Waals surface area contributed by atoms with Crippen molar-refractivity contribution in [1.82, 2.24) is 14.5 Å². The van der Waals surface area contributed by atoms with Gasteiger partial charge in [-0.05, 0) is 71.3 Å². The Hall–Kier alpha value is -1.38. The minimum atomic E-state index is 0.0390. The molecule has 8 heteroatoms. The van der Waals surface area contributed by atoms with E-state index in [2.05, 4.69) is 6.92 Å². The van der Waals surface area contributed by atoms with Crippen LogP contribution in [0.4, 0.5) is 0 Å². The van der Waals surface area contributed by atoms with Crippen LogP contribution in [0.15, 0.2) is 9.95 Å². The molecule has 0 aromatic carbocycles. The van der Waals surface area contributed by atoms with Crippen LogP contribution in [-0.4, -0.2) is 50.9 Å². The van der Waals surface area contributed by atoms with Crippen LogP contribution in [0.5, 0.6) is 0 Å². The van der Waals surface area contributed by atoms with Crippen LogP contribution in [0, 0.1) is 5.92 Å². The van der Waals surface area contributed by atoms with E-state index in [1.807, 2.05) is 32.6 Å². The smallest absolute Gasteiger partial charge is 0.263 e. The molecule has 2 aliphatic rings. The lowest BCUT2D eigenvalue weighted by molar-refractivity contribution is -0.131. The van der Waals surface area contributed by atoms with Crippen LogP contribution in [0.25, 0.3) is 10.2 Å². The number of thiophene rings is 1. The molecule has 6 nitrogen and oxygen atoms in total. The highest BCUT2D eigenvalue weighted by molar-refractivity contribution is 7.99. The predicted octanol–water partition coefficient (Wildman–Crippen LogP) is 4.50. The number of hydrogen-bond acceptors (Lipinski definition) is 6. The van der Waals surface area contributed by atoms with Gasteiger partial charge in [-0.25, -0.2) is 4.98 Å². The molecular formula is C24H35N3O3S2. The Bertz CT molecular complexity index is 1030. The Morgan fingerprint density at radius 3 is 2.69 bits per heavy atom. The molecule has 1 fully saturated rings. The first-order valence-electron chi connectivity index (χ1n) is 11.9. The van der Waals surface area contributed by atoms with Gasteiger partial charge in [0, 0.05) is 23.6 Å². The normalized spacial score (nSPS) is 21.0. The van der Waals surface area contributed by atoms with E-state index in [1.54, 1.807) is 15.9 Å². The fourth-order valence-corrected chi connectivity index (χ4v) is 7.34. The number of aryl methyl sites for hydroxylation is 1. The van der Waals surface area contributed by atoms with E-state index in [4.69, 9.17) is 9.72 Å². The number of nitrogens with zero attached hydrogens (tertiary/aromatic N) is 3. The number of aromatic nitrogens is 2. The molecule has 1 saturated heterocycles. The highest BCUT2D eigenvalue weighted by atomic mass is 32.2. The van der Waals surface area contributed by atoms with Crippen molar-refractivity contribution in [3.8, 4) is 0 Å². The SMILES string of the molecule is CC1CCc2c(sc3nc(SCC(=O)N(C(C)C)C(C)C)n(CC4CCCO4)c(=O)c23)C1. The molecule has 0 bridgehead atoms. The van der Waals surface area contributed by atoms with Crippen molar-refractivity contribution in [2.24, 2.45) is 5.92 Å². The second-order valence-corrected chi connectivity index (χ2v) is 11.8. The Morgan fingerprint density at radius 1 is 1.28 bits per heavy atom. The Labute approximate surface area is 198 Å². The zero-order chi connectivity index (χ0) is 23.0. The molecule has 0 spiro atoms. The fraction of sp³-hybridized carbons (Fsp3) is 0.708. The van der Waals surface area contributed by atoms with Crippen LogP contribution >= 0.6 is 23.1 Å².